The highest BCUT2D eigenvalue weighted by Gasteiger charge is 2.42. The summed E-state index contributed by atoms with van der Waals surface area (Å²) in [5.74, 6) is -0.915. The molecule has 0 spiro atoms. The van der Waals surface area contributed by atoms with Crippen LogP contribution in [-0.2, 0) is 14.3 Å². The van der Waals surface area contributed by atoms with Crippen LogP contribution in [0.25, 0.3) is 0 Å². The fraction of sp³-hybridized carbons (Fsp3) is 0.640. The summed E-state index contributed by atoms with van der Waals surface area (Å²) in [4.78, 5) is 41.6. The number of hydrogen-bond acceptors (Lipinski definition) is 6. The van der Waals surface area contributed by atoms with Gasteiger partial charge in [-0.05, 0) is 53.7 Å². The fourth-order valence-corrected chi connectivity index (χ4v) is 4.04. The summed E-state index contributed by atoms with van der Waals surface area (Å²) >= 11 is 0. The number of fused-ring (bicyclic) bond motifs is 1. The first-order chi connectivity index (χ1) is 15.1. The zero-order chi connectivity index (χ0) is 25.2. The van der Waals surface area contributed by atoms with Crippen LogP contribution in [0.15, 0.2) is 24.3 Å². The molecule has 1 heterocycles. The van der Waals surface area contributed by atoms with Crippen LogP contribution in [0.1, 0.15) is 62.3 Å². The van der Waals surface area contributed by atoms with Gasteiger partial charge < -0.3 is 9.47 Å². The maximum atomic E-state index is 13.0. The van der Waals surface area contributed by atoms with Crippen molar-refractivity contribution in [1.82, 2.24) is 9.80 Å². The van der Waals surface area contributed by atoms with Crippen molar-refractivity contribution in [3.05, 3.63) is 35.4 Å². The Morgan fingerprint density at radius 2 is 1.55 bits per heavy atom. The van der Waals surface area contributed by atoms with Crippen LogP contribution >= 0.6 is 0 Å². The Morgan fingerprint density at radius 1 is 1.03 bits per heavy atom. The highest BCUT2D eigenvalue weighted by Crippen LogP contribution is 2.29. The molecule has 1 aromatic carbocycles. The molecule has 0 saturated heterocycles. The van der Waals surface area contributed by atoms with Crippen molar-refractivity contribution in [2.75, 3.05) is 26.2 Å². The van der Waals surface area contributed by atoms with Crippen molar-refractivity contribution >= 4 is 25.9 Å². The van der Waals surface area contributed by atoms with Crippen LogP contribution in [0, 0.1) is 0 Å². The number of rotatable bonds is 10. The minimum absolute atomic E-state index is 0.104. The average molecular weight is 477 g/mol. The van der Waals surface area contributed by atoms with Gasteiger partial charge in [-0.2, -0.15) is 0 Å². The number of amides is 2. The SMILES string of the molecule is CCOC(=O)CN(CC(CN1C(=O)c2ccccc2C1=O)OC(C)(C)[Si](C)(C)C)C(C)(C)C. The molecule has 8 heteroatoms. The van der Waals surface area contributed by atoms with Crippen LogP contribution in [0.5, 0.6) is 0 Å². The van der Waals surface area contributed by atoms with E-state index in [1.807, 2.05) is 25.7 Å². The van der Waals surface area contributed by atoms with E-state index in [1.165, 1.54) is 4.90 Å². The third-order valence-corrected chi connectivity index (χ3v) is 10.3. The first kappa shape index (κ1) is 27.2. The van der Waals surface area contributed by atoms with Crippen molar-refractivity contribution in [2.45, 2.75) is 78.1 Å². The van der Waals surface area contributed by atoms with E-state index in [1.54, 1.807) is 31.2 Å². The maximum Gasteiger partial charge on any atom is 0.320 e. The van der Waals surface area contributed by atoms with E-state index in [9.17, 15) is 14.4 Å². The van der Waals surface area contributed by atoms with Crippen molar-refractivity contribution in [3.8, 4) is 0 Å². The van der Waals surface area contributed by atoms with E-state index < -0.39 is 19.4 Å². The molecule has 7 nitrogen and oxygen atoms in total. The van der Waals surface area contributed by atoms with Gasteiger partial charge in [0, 0.05) is 12.1 Å². The Morgan fingerprint density at radius 3 is 1.97 bits per heavy atom. The van der Waals surface area contributed by atoms with Crippen LogP contribution in [0.2, 0.25) is 19.6 Å². The molecule has 1 unspecified atom stereocenters. The second kappa shape index (κ2) is 10.1. The Bertz CT molecular complexity index is 851. The predicted octanol–water partition coefficient (Wildman–Crippen LogP) is 3.99. The average Bonchev–Trinajstić information content (AvgIpc) is 2.91. The molecule has 1 aliphatic heterocycles. The Hall–Kier alpha value is -2.03. The van der Waals surface area contributed by atoms with E-state index in [0.29, 0.717) is 24.3 Å². The van der Waals surface area contributed by atoms with Gasteiger partial charge in [0.1, 0.15) is 0 Å². The summed E-state index contributed by atoms with van der Waals surface area (Å²) in [5, 5.41) is -0.413. The van der Waals surface area contributed by atoms with Crippen LogP contribution in [0.3, 0.4) is 0 Å². The number of esters is 1. The Balaban J connectivity index is 2.34. The summed E-state index contributed by atoms with van der Waals surface area (Å²) < 4.78 is 11.8. The molecule has 0 aliphatic carbocycles. The molecule has 1 aliphatic rings. The first-order valence-corrected chi connectivity index (χ1v) is 15.1. The molecule has 33 heavy (non-hydrogen) atoms. The summed E-state index contributed by atoms with van der Waals surface area (Å²) in [6, 6.07) is 6.88. The second-order valence-corrected chi connectivity index (χ2v) is 16.8. The first-order valence-electron chi connectivity index (χ1n) is 11.6. The van der Waals surface area contributed by atoms with Crippen molar-refractivity contribution in [2.24, 2.45) is 0 Å². The third-order valence-electron chi connectivity index (χ3n) is 6.53. The number of hydrogen-bond donors (Lipinski definition) is 0. The standard InChI is InChI=1S/C25H40N2O5Si/c1-10-31-21(28)17-26(24(2,3)4)15-18(32-25(5,6)33(7,8)9)16-27-22(29)19-13-11-12-14-20(19)23(27)30/h11-14,18H,10,15-17H2,1-9H3. The molecule has 184 valence electrons. The molecule has 2 amide bonds. The molecular weight excluding hydrogens is 436 g/mol. The molecule has 0 N–H and O–H groups in total. The van der Waals surface area contributed by atoms with Crippen molar-refractivity contribution in [3.63, 3.8) is 0 Å². The molecule has 1 aromatic rings. The lowest BCUT2D eigenvalue weighted by molar-refractivity contribution is -0.147. The molecular formula is C25H40N2O5Si. The molecule has 0 aromatic heterocycles. The van der Waals surface area contributed by atoms with Crippen molar-refractivity contribution < 1.29 is 23.9 Å². The summed E-state index contributed by atoms with van der Waals surface area (Å²) in [6.07, 6.45) is -0.470. The minimum Gasteiger partial charge on any atom is -0.465 e. The quantitative estimate of drug-likeness (QED) is 0.289. The van der Waals surface area contributed by atoms with E-state index in [2.05, 4.69) is 33.5 Å². The molecule has 0 saturated carbocycles. The Labute approximate surface area is 199 Å². The van der Waals surface area contributed by atoms with Crippen LogP contribution in [0.4, 0.5) is 0 Å². The summed E-state index contributed by atoms with van der Waals surface area (Å²) in [6.45, 7) is 19.6. The summed E-state index contributed by atoms with van der Waals surface area (Å²) in [5.41, 5.74) is 0.495. The summed E-state index contributed by atoms with van der Waals surface area (Å²) in [7, 11) is -1.76. The molecule has 0 bridgehead atoms. The van der Waals surface area contributed by atoms with Crippen LogP contribution < -0.4 is 0 Å². The van der Waals surface area contributed by atoms with Gasteiger partial charge in [-0.25, -0.2) is 0 Å². The highest BCUT2D eigenvalue weighted by atomic mass is 28.3. The van der Waals surface area contributed by atoms with Gasteiger partial charge in [0.25, 0.3) is 11.8 Å². The highest BCUT2D eigenvalue weighted by molar-refractivity contribution is 6.78. The monoisotopic (exact) mass is 476 g/mol. The topological polar surface area (TPSA) is 76.2 Å². The number of carbonyl (C=O) groups excluding carboxylic acids is 3. The second-order valence-electron chi connectivity index (χ2n) is 11.1. The van der Waals surface area contributed by atoms with Crippen molar-refractivity contribution in [1.29, 1.82) is 0 Å². The number of carbonyl (C=O) groups is 3. The number of ether oxygens (including phenoxy) is 2. The van der Waals surface area contributed by atoms with Gasteiger partial charge in [-0.1, -0.05) is 31.8 Å². The van der Waals surface area contributed by atoms with Gasteiger partial charge in [0.2, 0.25) is 0 Å². The molecule has 1 atom stereocenters. The minimum atomic E-state index is -1.76. The zero-order valence-electron chi connectivity index (χ0n) is 21.7. The normalized spacial score (nSPS) is 15.8. The smallest absolute Gasteiger partial charge is 0.320 e. The maximum absolute atomic E-state index is 13.0. The van der Waals surface area contributed by atoms with E-state index in [-0.39, 0.29) is 36.4 Å². The number of imide groups is 1. The third kappa shape index (κ3) is 6.52. The van der Waals surface area contributed by atoms with Crippen LogP contribution in [-0.4, -0.2) is 78.8 Å². The molecule has 0 fully saturated rings. The lowest BCUT2D eigenvalue weighted by Crippen LogP contribution is -2.57. The van der Waals surface area contributed by atoms with Gasteiger partial charge >= 0.3 is 5.97 Å². The zero-order valence-corrected chi connectivity index (χ0v) is 22.7. The number of benzene rings is 1. The van der Waals surface area contributed by atoms with Gasteiger partial charge in [0.15, 0.2) is 0 Å². The van der Waals surface area contributed by atoms with E-state index in [0.717, 1.165) is 0 Å². The Kier molecular flexibility index (Phi) is 8.31. The van der Waals surface area contributed by atoms with Gasteiger partial charge in [-0.3, -0.25) is 24.2 Å². The lowest BCUT2D eigenvalue weighted by Gasteiger charge is -2.43. The predicted molar refractivity (Wildman–Crippen MR) is 132 cm³/mol. The van der Waals surface area contributed by atoms with E-state index >= 15 is 0 Å². The van der Waals surface area contributed by atoms with Gasteiger partial charge in [-0.15, -0.1) is 0 Å². The number of nitrogens with zero attached hydrogens (tertiary/aromatic N) is 2. The van der Waals surface area contributed by atoms with Gasteiger partial charge in [0.05, 0.1) is 50.2 Å². The van der Waals surface area contributed by atoms with E-state index in [4.69, 9.17) is 9.47 Å². The fourth-order valence-electron chi connectivity index (χ4n) is 3.52. The molecule has 2 rings (SSSR count). The largest absolute Gasteiger partial charge is 0.465 e. The lowest BCUT2D eigenvalue weighted by atomic mass is 10.0. The molecule has 0 radical (unpaired) electrons.